The highest BCUT2D eigenvalue weighted by Gasteiger charge is 2.28. The quantitative estimate of drug-likeness (QED) is 0.339. The van der Waals surface area contributed by atoms with Crippen molar-refractivity contribution < 1.29 is 24.1 Å². The van der Waals surface area contributed by atoms with Crippen LogP contribution in [0.25, 0.3) is 0 Å². The van der Waals surface area contributed by atoms with Gasteiger partial charge in [-0.15, -0.1) is 0 Å². The van der Waals surface area contributed by atoms with Crippen molar-refractivity contribution in [3.05, 3.63) is 47.5 Å². The van der Waals surface area contributed by atoms with Crippen LogP contribution in [-0.2, 0) is 17.3 Å². The lowest BCUT2D eigenvalue weighted by Gasteiger charge is -2.30. The molecular weight excluding hydrogens is 436 g/mol. The molecule has 0 aliphatic rings. The van der Waals surface area contributed by atoms with Gasteiger partial charge in [0.2, 0.25) is 0 Å². The van der Waals surface area contributed by atoms with Crippen molar-refractivity contribution in [1.29, 1.82) is 0 Å². The average molecular weight is 477 g/mol. The van der Waals surface area contributed by atoms with Crippen LogP contribution in [0.1, 0.15) is 24.0 Å². The molecule has 0 fully saturated rings. The predicted octanol–water partition coefficient (Wildman–Crippen LogP) is 6.15. The largest absolute Gasteiger partial charge is 0.504 e. The fraction of sp³-hybridized carbons (Fsp3) is 0.520. The Kier molecular flexibility index (Phi) is 9.67. The highest BCUT2D eigenvalue weighted by atomic mass is 28.4. The van der Waals surface area contributed by atoms with E-state index >= 15 is 0 Å². The molecular formula is C25H40O5Si2. The number of phenols is 2. The number of methoxy groups -OCH3 is 2. The van der Waals surface area contributed by atoms with Gasteiger partial charge in [0, 0.05) is 6.23 Å². The topological polar surface area (TPSA) is 68.2 Å². The van der Waals surface area contributed by atoms with Gasteiger partial charge in [0.1, 0.15) is 0 Å². The van der Waals surface area contributed by atoms with E-state index in [2.05, 4.69) is 26.2 Å². The highest BCUT2D eigenvalue weighted by Crippen LogP contribution is 2.29. The predicted molar refractivity (Wildman–Crippen MR) is 136 cm³/mol. The molecule has 2 aromatic rings. The monoisotopic (exact) mass is 476 g/mol. The van der Waals surface area contributed by atoms with E-state index in [0.717, 1.165) is 38.0 Å². The lowest BCUT2D eigenvalue weighted by molar-refractivity contribution is 0.363. The van der Waals surface area contributed by atoms with Crippen molar-refractivity contribution in [3.63, 3.8) is 0 Å². The fourth-order valence-corrected chi connectivity index (χ4v) is 9.36. The number of phenolic OH excluding ortho intramolecular Hbond substituents is 2. The molecule has 2 rings (SSSR count). The molecule has 32 heavy (non-hydrogen) atoms. The molecule has 0 saturated carbocycles. The van der Waals surface area contributed by atoms with Crippen molar-refractivity contribution in [2.45, 2.75) is 64.0 Å². The zero-order valence-electron chi connectivity index (χ0n) is 20.5. The summed E-state index contributed by atoms with van der Waals surface area (Å²) in [7, 11) is 0.0161. The molecule has 0 radical (unpaired) electrons. The van der Waals surface area contributed by atoms with E-state index in [1.165, 1.54) is 17.2 Å². The van der Waals surface area contributed by atoms with Gasteiger partial charge in [-0.05, 0) is 73.8 Å². The maximum absolute atomic E-state index is 9.75. The molecule has 0 aromatic heterocycles. The summed E-state index contributed by atoms with van der Waals surface area (Å²) in [5.41, 5.74) is 2.39. The minimum Gasteiger partial charge on any atom is -0.504 e. The van der Waals surface area contributed by atoms with Crippen molar-refractivity contribution in [2.75, 3.05) is 20.4 Å². The molecule has 7 heteroatoms. The first-order valence-electron chi connectivity index (χ1n) is 11.4. The average Bonchev–Trinajstić information content (AvgIpc) is 2.74. The summed E-state index contributed by atoms with van der Waals surface area (Å²) in [6.07, 6.45) is 5.08. The van der Waals surface area contributed by atoms with Crippen LogP contribution in [0, 0.1) is 0 Å². The maximum Gasteiger partial charge on any atom is 0.186 e. The van der Waals surface area contributed by atoms with E-state index in [-0.39, 0.29) is 11.5 Å². The Labute approximate surface area is 195 Å². The van der Waals surface area contributed by atoms with Gasteiger partial charge >= 0.3 is 0 Å². The van der Waals surface area contributed by atoms with Gasteiger partial charge < -0.3 is 24.1 Å². The number of hydrogen-bond acceptors (Lipinski definition) is 5. The standard InChI is InChI=1S/C25H40O5Si2/c1-28-24-17-20(11-13-22(24)26)9-7-15-31(3,4)19-30-32(5,6)16-8-10-21-12-14-23(27)25(18-21)29-2/h11-14,17-18,26-27H,7-10,15-16,19H2,1-6H3. The molecule has 178 valence electrons. The Morgan fingerprint density at radius 2 is 1.19 bits per heavy atom. The second-order valence-electron chi connectivity index (χ2n) is 9.93. The molecule has 0 aliphatic carbocycles. The maximum atomic E-state index is 9.75. The molecule has 2 aromatic carbocycles. The SMILES string of the molecule is COc1cc(CCC[Si](C)(C)CO[Si](C)(C)CCCc2ccc(O)c(OC)c2)ccc1O. The van der Waals surface area contributed by atoms with Gasteiger partial charge in [-0.1, -0.05) is 37.7 Å². The third-order valence-corrected chi connectivity index (χ3v) is 11.3. The summed E-state index contributed by atoms with van der Waals surface area (Å²) >= 11 is 0. The number of benzene rings is 2. The molecule has 0 saturated heterocycles. The number of aromatic hydroxyl groups is 2. The van der Waals surface area contributed by atoms with Crippen molar-refractivity contribution in [3.8, 4) is 23.0 Å². The van der Waals surface area contributed by atoms with Crippen molar-refractivity contribution in [1.82, 2.24) is 0 Å². The Balaban J connectivity index is 1.75. The zero-order chi connectivity index (χ0) is 23.8. The third-order valence-electron chi connectivity index (χ3n) is 5.91. The lowest BCUT2D eigenvalue weighted by Crippen LogP contribution is -2.40. The molecule has 0 heterocycles. The van der Waals surface area contributed by atoms with E-state index in [0.29, 0.717) is 11.5 Å². The van der Waals surface area contributed by atoms with Gasteiger partial charge in [0.05, 0.1) is 22.3 Å². The van der Waals surface area contributed by atoms with Crippen LogP contribution in [0.5, 0.6) is 23.0 Å². The summed E-state index contributed by atoms with van der Waals surface area (Å²) < 4.78 is 17.0. The Morgan fingerprint density at radius 1 is 0.719 bits per heavy atom. The van der Waals surface area contributed by atoms with Crippen molar-refractivity contribution >= 4 is 16.4 Å². The molecule has 0 aliphatic heterocycles. The summed E-state index contributed by atoms with van der Waals surface area (Å²) in [5.74, 6) is 1.46. The summed E-state index contributed by atoms with van der Waals surface area (Å²) in [4.78, 5) is 0. The molecule has 2 N–H and O–H groups in total. The first-order valence-corrected chi connectivity index (χ1v) is 17.9. The minimum absolute atomic E-state index is 0.186. The van der Waals surface area contributed by atoms with E-state index < -0.39 is 16.4 Å². The number of rotatable bonds is 13. The smallest absolute Gasteiger partial charge is 0.186 e. The van der Waals surface area contributed by atoms with Gasteiger partial charge in [0.25, 0.3) is 0 Å². The number of hydrogen-bond donors (Lipinski definition) is 2. The molecule has 5 nitrogen and oxygen atoms in total. The summed E-state index contributed by atoms with van der Waals surface area (Å²) in [6.45, 7) is 9.46. The van der Waals surface area contributed by atoms with Crippen LogP contribution >= 0.6 is 0 Å². The normalized spacial score (nSPS) is 12.1. The molecule has 0 spiro atoms. The molecule has 0 atom stereocenters. The third kappa shape index (κ3) is 8.52. The van der Waals surface area contributed by atoms with E-state index in [9.17, 15) is 10.2 Å². The van der Waals surface area contributed by atoms with Crippen LogP contribution in [0.15, 0.2) is 36.4 Å². The summed E-state index contributed by atoms with van der Waals surface area (Å²) in [6, 6.07) is 13.5. The zero-order valence-corrected chi connectivity index (χ0v) is 22.5. The first kappa shape index (κ1) is 26.3. The van der Waals surface area contributed by atoms with Crippen molar-refractivity contribution in [2.24, 2.45) is 0 Å². The Morgan fingerprint density at radius 3 is 1.66 bits per heavy atom. The second-order valence-corrected chi connectivity index (χ2v) is 19.4. The first-order chi connectivity index (χ1) is 15.0. The van der Waals surface area contributed by atoms with Gasteiger partial charge in [-0.3, -0.25) is 0 Å². The molecule has 0 bridgehead atoms. The van der Waals surface area contributed by atoms with Crippen LogP contribution in [0.2, 0.25) is 38.3 Å². The Bertz CT molecular complexity index is 796. The lowest BCUT2D eigenvalue weighted by atomic mass is 10.1. The van der Waals surface area contributed by atoms with Crippen LogP contribution in [-0.4, -0.2) is 47.1 Å². The number of ether oxygens (including phenoxy) is 2. The minimum atomic E-state index is -1.71. The highest BCUT2D eigenvalue weighted by molar-refractivity contribution is 6.79. The van der Waals surface area contributed by atoms with Crippen LogP contribution < -0.4 is 9.47 Å². The molecule has 0 amide bonds. The number of aryl methyl sites for hydroxylation is 2. The second kappa shape index (κ2) is 11.8. The van der Waals surface area contributed by atoms with Crippen LogP contribution in [0.3, 0.4) is 0 Å². The van der Waals surface area contributed by atoms with Gasteiger partial charge in [0.15, 0.2) is 31.3 Å². The summed E-state index contributed by atoms with van der Waals surface area (Å²) in [5, 5.41) is 19.5. The molecule has 0 unspecified atom stereocenters. The van der Waals surface area contributed by atoms with E-state index in [4.69, 9.17) is 13.9 Å². The van der Waals surface area contributed by atoms with Crippen LogP contribution in [0.4, 0.5) is 0 Å². The fourth-order valence-electron chi connectivity index (χ4n) is 3.78. The van der Waals surface area contributed by atoms with E-state index in [1.54, 1.807) is 26.4 Å². The Hall–Kier alpha value is -1.97. The van der Waals surface area contributed by atoms with E-state index in [1.807, 2.05) is 24.3 Å². The van der Waals surface area contributed by atoms with Gasteiger partial charge in [-0.25, -0.2) is 0 Å². The van der Waals surface area contributed by atoms with Gasteiger partial charge in [-0.2, -0.15) is 0 Å².